The Balaban J connectivity index is 2.68. The lowest BCUT2D eigenvalue weighted by Gasteiger charge is -2.01. The van der Waals surface area contributed by atoms with Crippen LogP contribution in [0.25, 0.3) is 0 Å². The van der Waals surface area contributed by atoms with Gasteiger partial charge in [-0.15, -0.1) is 0 Å². The summed E-state index contributed by atoms with van der Waals surface area (Å²) < 4.78 is 5.06. The Morgan fingerprint density at radius 2 is 2.25 bits per heavy atom. The fourth-order valence-corrected chi connectivity index (χ4v) is 1.42. The minimum atomic E-state index is -0.0116. The Bertz CT molecular complexity index is 355. The smallest absolute Gasteiger partial charge is 0.204 e. The summed E-state index contributed by atoms with van der Waals surface area (Å²) in [5, 5.41) is 9.17. The predicted molar refractivity (Wildman–Crippen MR) is 42.7 cm³/mol. The van der Waals surface area contributed by atoms with Gasteiger partial charge in [0, 0.05) is 6.07 Å². The van der Waals surface area contributed by atoms with Crippen LogP contribution in [0.15, 0.2) is 12.1 Å². The zero-order valence-corrected chi connectivity index (χ0v) is 6.63. The molecule has 1 N–H and O–H groups in total. The number of fused-ring (bicyclic) bond motifs is 1. The van der Waals surface area contributed by atoms with Crippen molar-refractivity contribution in [3.05, 3.63) is 23.3 Å². The molecular weight excluding hydrogens is 156 g/mol. The highest BCUT2D eigenvalue weighted by Crippen LogP contribution is 2.31. The highest BCUT2D eigenvalue weighted by Gasteiger charge is 2.23. The lowest BCUT2D eigenvalue weighted by Crippen LogP contribution is -2.00. The van der Waals surface area contributed by atoms with Crippen molar-refractivity contribution >= 4 is 5.78 Å². The van der Waals surface area contributed by atoms with Gasteiger partial charge in [-0.25, -0.2) is 0 Å². The number of phenolic OH excluding ortho intramolecular Hbond substituents is 1. The fraction of sp³-hybridized carbons (Fsp3) is 0.222. The standard InChI is InChI=1S/C9H8O3/c1-5-2-6(10)3-8-9(5)7(11)4-12-8/h2-3,10H,4H2,1H3. The quantitative estimate of drug-likeness (QED) is 0.628. The Kier molecular flexibility index (Phi) is 1.33. The molecule has 1 aromatic carbocycles. The lowest BCUT2D eigenvalue weighted by atomic mass is 10.1. The third-order valence-corrected chi connectivity index (χ3v) is 1.92. The van der Waals surface area contributed by atoms with Gasteiger partial charge in [-0.05, 0) is 18.6 Å². The first-order chi connectivity index (χ1) is 5.68. The minimum absolute atomic E-state index is 0.0116. The van der Waals surface area contributed by atoms with E-state index in [1.165, 1.54) is 6.07 Å². The first-order valence-corrected chi connectivity index (χ1v) is 3.68. The fourth-order valence-electron chi connectivity index (χ4n) is 1.42. The summed E-state index contributed by atoms with van der Waals surface area (Å²) in [4.78, 5) is 11.2. The molecule has 1 aliphatic heterocycles. The third kappa shape index (κ3) is 0.863. The lowest BCUT2D eigenvalue weighted by molar-refractivity contribution is 0.0960. The first kappa shape index (κ1) is 7.16. The highest BCUT2D eigenvalue weighted by atomic mass is 16.5. The van der Waals surface area contributed by atoms with Crippen LogP contribution < -0.4 is 4.74 Å². The van der Waals surface area contributed by atoms with Crippen molar-refractivity contribution in [2.24, 2.45) is 0 Å². The minimum Gasteiger partial charge on any atom is -0.508 e. The zero-order valence-electron chi connectivity index (χ0n) is 6.63. The largest absolute Gasteiger partial charge is 0.508 e. The molecule has 12 heavy (non-hydrogen) atoms. The molecule has 0 unspecified atom stereocenters. The summed E-state index contributed by atoms with van der Waals surface area (Å²) in [5.41, 5.74) is 1.38. The molecule has 0 bridgehead atoms. The summed E-state index contributed by atoms with van der Waals surface area (Å²) in [6.45, 7) is 1.88. The summed E-state index contributed by atoms with van der Waals surface area (Å²) in [7, 11) is 0. The number of carbonyl (C=O) groups excluding carboxylic acids is 1. The van der Waals surface area contributed by atoms with Crippen LogP contribution in [0.3, 0.4) is 0 Å². The first-order valence-electron chi connectivity index (χ1n) is 3.68. The van der Waals surface area contributed by atoms with Gasteiger partial charge in [-0.3, -0.25) is 4.79 Å². The highest BCUT2D eigenvalue weighted by molar-refractivity contribution is 6.03. The monoisotopic (exact) mass is 164 g/mol. The van der Waals surface area contributed by atoms with Gasteiger partial charge in [0.2, 0.25) is 5.78 Å². The van der Waals surface area contributed by atoms with E-state index in [1.807, 2.05) is 0 Å². The molecule has 1 heterocycles. The van der Waals surface area contributed by atoms with Crippen LogP contribution in [0.1, 0.15) is 15.9 Å². The number of benzene rings is 1. The molecule has 0 atom stereocenters. The van der Waals surface area contributed by atoms with Crippen LogP contribution in [0.5, 0.6) is 11.5 Å². The molecule has 0 saturated heterocycles. The van der Waals surface area contributed by atoms with Gasteiger partial charge in [0.05, 0.1) is 5.56 Å². The SMILES string of the molecule is Cc1cc(O)cc2c1C(=O)CO2. The molecule has 1 aliphatic rings. The normalized spacial score (nSPS) is 14.2. The van der Waals surface area contributed by atoms with E-state index in [1.54, 1.807) is 13.0 Å². The maximum atomic E-state index is 11.2. The Morgan fingerprint density at radius 3 is 3.00 bits per heavy atom. The van der Waals surface area contributed by atoms with Crippen molar-refractivity contribution in [1.29, 1.82) is 0 Å². The zero-order chi connectivity index (χ0) is 8.72. The van der Waals surface area contributed by atoms with Crippen LogP contribution in [0, 0.1) is 6.92 Å². The molecule has 3 heteroatoms. The van der Waals surface area contributed by atoms with Crippen LogP contribution in [-0.4, -0.2) is 17.5 Å². The van der Waals surface area contributed by atoms with Crippen LogP contribution in [-0.2, 0) is 0 Å². The molecule has 1 aromatic rings. The summed E-state index contributed by atoms with van der Waals surface area (Å²) in [6, 6.07) is 3.03. The van der Waals surface area contributed by atoms with Gasteiger partial charge in [-0.2, -0.15) is 0 Å². The molecule has 62 valence electrons. The van der Waals surface area contributed by atoms with Gasteiger partial charge in [0.15, 0.2) is 6.61 Å². The Morgan fingerprint density at radius 1 is 1.50 bits per heavy atom. The van der Waals surface area contributed by atoms with Crippen LogP contribution >= 0.6 is 0 Å². The van der Waals surface area contributed by atoms with Gasteiger partial charge >= 0.3 is 0 Å². The van der Waals surface area contributed by atoms with Gasteiger partial charge in [0.1, 0.15) is 11.5 Å². The number of hydrogen-bond acceptors (Lipinski definition) is 3. The summed E-state index contributed by atoms with van der Waals surface area (Å²) >= 11 is 0. The molecule has 0 aromatic heterocycles. The van der Waals surface area contributed by atoms with Gasteiger partial charge in [-0.1, -0.05) is 0 Å². The molecular formula is C9H8O3. The second-order valence-corrected chi connectivity index (χ2v) is 2.85. The topological polar surface area (TPSA) is 46.5 Å². The van der Waals surface area contributed by atoms with E-state index >= 15 is 0 Å². The van der Waals surface area contributed by atoms with Crippen molar-refractivity contribution in [2.75, 3.05) is 6.61 Å². The molecule has 0 radical (unpaired) electrons. The van der Waals surface area contributed by atoms with E-state index in [-0.39, 0.29) is 18.1 Å². The maximum Gasteiger partial charge on any atom is 0.204 e. The van der Waals surface area contributed by atoms with Gasteiger partial charge in [0.25, 0.3) is 0 Å². The van der Waals surface area contributed by atoms with Crippen molar-refractivity contribution in [1.82, 2.24) is 0 Å². The predicted octanol–water partition coefficient (Wildman–Crippen LogP) is 1.28. The Hall–Kier alpha value is -1.51. The van der Waals surface area contributed by atoms with Crippen LogP contribution in [0.2, 0.25) is 0 Å². The number of ether oxygens (including phenoxy) is 1. The van der Waals surface area contributed by atoms with E-state index in [0.29, 0.717) is 11.3 Å². The number of aromatic hydroxyl groups is 1. The number of aryl methyl sites for hydroxylation is 1. The molecule has 2 rings (SSSR count). The van der Waals surface area contributed by atoms with Crippen molar-refractivity contribution < 1.29 is 14.6 Å². The number of phenols is 1. The molecule has 0 saturated carbocycles. The molecule has 0 spiro atoms. The number of Topliss-reactive ketones (excluding diaryl/α,β-unsaturated/α-hetero) is 1. The van der Waals surface area contributed by atoms with Crippen molar-refractivity contribution in [3.63, 3.8) is 0 Å². The van der Waals surface area contributed by atoms with E-state index in [9.17, 15) is 9.90 Å². The van der Waals surface area contributed by atoms with Crippen molar-refractivity contribution in [2.45, 2.75) is 6.92 Å². The second kappa shape index (κ2) is 2.24. The average Bonchev–Trinajstić information content (AvgIpc) is 2.31. The molecule has 0 fully saturated rings. The summed E-state index contributed by atoms with van der Waals surface area (Å²) in [6.07, 6.45) is 0. The summed E-state index contributed by atoms with van der Waals surface area (Å²) in [5.74, 6) is 0.626. The number of ketones is 1. The molecule has 0 aliphatic carbocycles. The van der Waals surface area contributed by atoms with Gasteiger partial charge < -0.3 is 9.84 Å². The van der Waals surface area contributed by atoms with E-state index in [4.69, 9.17) is 4.74 Å². The maximum absolute atomic E-state index is 11.2. The Labute approximate surface area is 69.6 Å². The molecule has 0 amide bonds. The van der Waals surface area contributed by atoms with E-state index < -0.39 is 0 Å². The second-order valence-electron chi connectivity index (χ2n) is 2.85. The molecule has 3 nitrogen and oxygen atoms in total. The third-order valence-electron chi connectivity index (χ3n) is 1.92. The number of rotatable bonds is 0. The number of carbonyl (C=O) groups is 1. The van der Waals surface area contributed by atoms with E-state index in [2.05, 4.69) is 0 Å². The van der Waals surface area contributed by atoms with Crippen LogP contribution in [0.4, 0.5) is 0 Å². The van der Waals surface area contributed by atoms with Crippen molar-refractivity contribution in [3.8, 4) is 11.5 Å². The average molecular weight is 164 g/mol. The number of hydrogen-bond donors (Lipinski definition) is 1. The van der Waals surface area contributed by atoms with E-state index in [0.717, 1.165) is 5.56 Å².